The molecule has 0 fully saturated rings. The average molecular weight is 266 g/mol. The van der Waals surface area contributed by atoms with Crippen molar-refractivity contribution in [2.24, 2.45) is 0 Å². The predicted octanol–water partition coefficient (Wildman–Crippen LogP) is 1.95. The molecule has 0 spiro atoms. The number of ether oxygens (including phenoxy) is 1. The molecule has 0 saturated heterocycles. The van der Waals surface area contributed by atoms with Gasteiger partial charge >= 0.3 is 0 Å². The first-order valence-electron chi connectivity index (χ1n) is 4.99. The highest BCUT2D eigenvalue weighted by atomic mass is 35.5. The second-order valence-electron chi connectivity index (χ2n) is 3.51. The minimum Gasteiger partial charge on any atom is -0.506 e. The third-order valence-electron chi connectivity index (χ3n) is 2.39. The highest BCUT2D eigenvalue weighted by Crippen LogP contribution is 2.29. The van der Waals surface area contributed by atoms with Crippen LogP contribution in [0.3, 0.4) is 0 Å². The summed E-state index contributed by atoms with van der Waals surface area (Å²) in [6.07, 6.45) is 1.23. The Bertz CT molecular complexity index is 627. The molecule has 0 aliphatic heterocycles. The van der Waals surface area contributed by atoms with Crippen molar-refractivity contribution in [1.82, 2.24) is 4.98 Å². The number of ketones is 1. The monoisotopic (exact) mass is 265 g/mol. The van der Waals surface area contributed by atoms with Crippen LogP contribution in [0.5, 0.6) is 5.75 Å². The van der Waals surface area contributed by atoms with E-state index >= 15 is 0 Å². The van der Waals surface area contributed by atoms with Gasteiger partial charge in [0.2, 0.25) is 5.78 Å². The van der Waals surface area contributed by atoms with Crippen LogP contribution in [0.15, 0.2) is 24.4 Å². The first kappa shape index (κ1) is 12.3. The van der Waals surface area contributed by atoms with Gasteiger partial charge in [0.25, 0.3) is 6.47 Å². The molecule has 0 aliphatic rings. The van der Waals surface area contributed by atoms with Crippen LogP contribution in [0.1, 0.15) is 10.4 Å². The van der Waals surface area contributed by atoms with Crippen LogP contribution in [0.2, 0.25) is 5.02 Å². The van der Waals surface area contributed by atoms with Crippen molar-refractivity contribution in [2.75, 3.05) is 6.61 Å². The van der Waals surface area contributed by atoms with E-state index in [2.05, 4.69) is 9.72 Å². The average Bonchev–Trinajstić information content (AvgIpc) is 2.36. The number of hydrogen-bond donors (Lipinski definition) is 1. The number of benzene rings is 1. The molecule has 0 amide bonds. The molecule has 2 aromatic rings. The topological polar surface area (TPSA) is 76.5 Å². The van der Waals surface area contributed by atoms with Gasteiger partial charge in [-0.1, -0.05) is 11.6 Å². The Labute approximate surface area is 107 Å². The lowest BCUT2D eigenvalue weighted by atomic mass is 10.1. The number of fused-ring (bicyclic) bond motifs is 1. The molecular formula is C12H8ClNO4. The maximum Gasteiger partial charge on any atom is 0.293 e. The molecule has 2 rings (SSSR count). The number of pyridine rings is 1. The Morgan fingerprint density at radius 3 is 3.00 bits per heavy atom. The molecule has 92 valence electrons. The van der Waals surface area contributed by atoms with Gasteiger partial charge in [0, 0.05) is 16.6 Å². The van der Waals surface area contributed by atoms with Gasteiger partial charge in [0.05, 0.1) is 11.1 Å². The third kappa shape index (κ3) is 2.26. The molecule has 0 aliphatic carbocycles. The number of halogens is 1. The molecular weight excluding hydrogens is 258 g/mol. The fraction of sp³-hybridized carbons (Fsp3) is 0.0833. The summed E-state index contributed by atoms with van der Waals surface area (Å²) in [6.45, 7) is -0.263. The minimum absolute atomic E-state index is 0.00618. The van der Waals surface area contributed by atoms with Crippen LogP contribution in [-0.4, -0.2) is 29.0 Å². The molecule has 0 saturated carbocycles. The van der Waals surface area contributed by atoms with Crippen molar-refractivity contribution in [1.29, 1.82) is 0 Å². The van der Waals surface area contributed by atoms with Gasteiger partial charge in [-0.25, -0.2) is 0 Å². The maximum absolute atomic E-state index is 11.6. The molecule has 5 nitrogen and oxygen atoms in total. The van der Waals surface area contributed by atoms with Crippen molar-refractivity contribution in [3.8, 4) is 5.75 Å². The van der Waals surface area contributed by atoms with Gasteiger partial charge in [-0.3, -0.25) is 14.6 Å². The van der Waals surface area contributed by atoms with Crippen molar-refractivity contribution >= 4 is 34.8 Å². The normalized spacial score (nSPS) is 10.3. The number of rotatable bonds is 4. The van der Waals surface area contributed by atoms with Crippen molar-refractivity contribution in [2.45, 2.75) is 0 Å². The van der Waals surface area contributed by atoms with Crippen molar-refractivity contribution in [3.05, 3.63) is 35.0 Å². The second-order valence-corrected chi connectivity index (χ2v) is 3.95. The number of hydrogen-bond acceptors (Lipinski definition) is 5. The van der Waals surface area contributed by atoms with E-state index in [1.165, 1.54) is 6.20 Å². The van der Waals surface area contributed by atoms with E-state index in [1.807, 2.05) is 0 Å². The molecule has 0 bridgehead atoms. The number of Topliss-reactive ketones (excluding diaryl/α,β-unsaturated/α-hetero) is 1. The largest absolute Gasteiger partial charge is 0.506 e. The Hall–Kier alpha value is -2.14. The zero-order chi connectivity index (χ0) is 13.1. The highest BCUT2D eigenvalue weighted by Gasteiger charge is 2.15. The lowest BCUT2D eigenvalue weighted by Gasteiger charge is -2.06. The second kappa shape index (κ2) is 5.01. The van der Waals surface area contributed by atoms with Crippen LogP contribution in [0, 0.1) is 0 Å². The fourth-order valence-corrected chi connectivity index (χ4v) is 1.71. The summed E-state index contributed by atoms with van der Waals surface area (Å²) in [5.41, 5.74) is 0.486. The molecule has 0 unspecified atom stereocenters. The summed E-state index contributed by atoms with van der Waals surface area (Å²) >= 11 is 5.79. The molecule has 1 aromatic carbocycles. The Morgan fingerprint density at radius 1 is 1.50 bits per heavy atom. The lowest BCUT2D eigenvalue weighted by Crippen LogP contribution is -2.09. The predicted molar refractivity (Wildman–Crippen MR) is 64.8 cm³/mol. The van der Waals surface area contributed by atoms with Crippen LogP contribution in [0.25, 0.3) is 10.9 Å². The molecule has 6 heteroatoms. The molecule has 18 heavy (non-hydrogen) atoms. The van der Waals surface area contributed by atoms with Gasteiger partial charge in [-0.05, 0) is 18.2 Å². The fourth-order valence-electron chi connectivity index (χ4n) is 1.54. The lowest BCUT2D eigenvalue weighted by molar-refractivity contribution is -0.127. The smallest absolute Gasteiger partial charge is 0.293 e. The van der Waals surface area contributed by atoms with E-state index in [4.69, 9.17) is 11.6 Å². The maximum atomic E-state index is 11.6. The van der Waals surface area contributed by atoms with E-state index in [-0.39, 0.29) is 17.8 Å². The molecule has 1 N–H and O–H groups in total. The summed E-state index contributed by atoms with van der Waals surface area (Å²) in [4.78, 5) is 25.7. The van der Waals surface area contributed by atoms with Crippen LogP contribution >= 0.6 is 11.6 Å². The van der Waals surface area contributed by atoms with Gasteiger partial charge in [-0.15, -0.1) is 0 Å². The molecule has 1 aromatic heterocycles. The summed E-state index contributed by atoms with van der Waals surface area (Å²) in [5, 5.41) is 10.9. The van der Waals surface area contributed by atoms with E-state index in [0.29, 0.717) is 15.9 Å². The standard InChI is InChI=1S/C12H8ClNO4/c13-7-1-2-8-10(3-7)14-4-9(12(8)17)11(16)5-18-6-15/h1-4,6H,5H2,(H,14,17). The molecule has 1 heterocycles. The minimum atomic E-state index is -0.524. The van der Waals surface area contributed by atoms with Crippen LogP contribution < -0.4 is 0 Å². The van der Waals surface area contributed by atoms with Crippen molar-refractivity contribution < 1.29 is 19.4 Å². The quantitative estimate of drug-likeness (QED) is 0.675. The summed E-state index contributed by atoms with van der Waals surface area (Å²) in [5.74, 6) is -0.722. The number of nitrogens with zero attached hydrogens (tertiary/aromatic N) is 1. The van der Waals surface area contributed by atoms with Gasteiger partial charge in [0.1, 0.15) is 5.75 Å². The van der Waals surface area contributed by atoms with E-state index in [9.17, 15) is 14.7 Å². The summed E-state index contributed by atoms with van der Waals surface area (Å²) in [6, 6.07) is 4.73. The van der Waals surface area contributed by atoms with Gasteiger partial charge in [-0.2, -0.15) is 0 Å². The summed E-state index contributed by atoms with van der Waals surface area (Å²) in [7, 11) is 0. The van der Waals surface area contributed by atoms with Crippen molar-refractivity contribution in [3.63, 3.8) is 0 Å². The number of aromatic hydroxyl groups is 1. The Morgan fingerprint density at radius 2 is 2.28 bits per heavy atom. The van der Waals surface area contributed by atoms with E-state index < -0.39 is 12.4 Å². The van der Waals surface area contributed by atoms with E-state index in [0.717, 1.165) is 0 Å². The Balaban J connectivity index is 2.47. The summed E-state index contributed by atoms with van der Waals surface area (Å²) < 4.78 is 4.35. The van der Waals surface area contributed by atoms with Crippen LogP contribution in [-0.2, 0) is 9.53 Å². The number of carbonyl (C=O) groups is 2. The first-order valence-corrected chi connectivity index (χ1v) is 5.37. The zero-order valence-electron chi connectivity index (χ0n) is 9.09. The van der Waals surface area contributed by atoms with Crippen LogP contribution in [0.4, 0.5) is 0 Å². The first-order chi connectivity index (χ1) is 8.63. The van der Waals surface area contributed by atoms with E-state index in [1.54, 1.807) is 18.2 Å². The highest BCUT2D eigenvalue weighted by molar-refractivity contribution is 6.31. The zero-order valence-corrected chi connectivity index (χ0v) is 9.85. The number of aromatic nitrogens is 1. The third-order valence-corrected chi connectivity index (χ3v) is 2.62. The molecule has 0 atom stereocenters. The van der Waals surface area contributed by atoms with Gasteiger partial charge < -0.3 is 9.84 Å². The SMILES string of the molecule is O=COCC(=O)c1cnc2cc(Cl)ccc2c1O. The molecule has 0 radical (unpaired) electrons. The number of carbonyl (C=O) groups excluding carboxylic acids is 2. The van der Waals surface area contributed by atoms with Gasteiger partial charge in [0.15, 0.2) is 6.61 Å². The Kier molecular flexibility index (Phi) is 3.43.